The van der Waals surface area contributed by atoms with Gasteiger partial charge in [0, 0.05) is 0 Å². The van der Waals surface area contributed by atoms with Crippen LogP contribution in [-0.4, -0.2) is 6.16 Å². The summed E-state index contributed by atoms with van der Waals surface area (Å²) in [6.07, 6.45) is 4.71. The number of allylic oxidation sites excluding steroid dienone is 1. The van der Waals surface area contributed by atoms with Crippen molar-refractivity contribution in [1.29, 1.82) is 0 Å². The number of benzene rings is 6. The van der Waals surface area contributed by atoms with Crippen molar-refractivity contribution in [3.05, 3.63) is 127 Å². The average Bonchev–Trinajstić information content (AvgIpc) is 3.36. The van der Waals surface area contributed by atoms with E-state index in [4.69, 9.17) is 0 Å². The van der Waals surface area contributed by atoms with Crippen molar-refractivity contribution in [3.8, 4) is 0 Å². The molecule has 0 aromatic heterocycles. The van der Waals surface area contributed by atoms with E-state index in [1.165, 1.54) is 48.2 Å². The summed E-state index contributed by atoms with van der Waals surface area (Å²) in [4.78, 5) is 0. The molecule has 33 heavy (non-hydrogen) atoms. The molecule has 0 aliphatic carbocycles. The second-order valence-corrected chi connectivity index (χ2v) is 14.4. The van der Waals surface area contributed by atoms with Crippen molar-refractivity contribution in [2.24, 2.45) is 0 Å². The van der Waals surface area contributed by atoms with Crippen molar-refractivity contribution in [3.63, 3.8) is 0 Å². The summed E-state index contributed by atoms with van der Waals surface area (Å²) in [6.45, 7) is -2.80. The normalized spacial score (nSPS) is 18.0. The third kappa shape index (κ3) is 2.35. The van der Waals surface area contributed by atoms with E-state index in [2.05, 4.69) is 127 Å². The molecule has 158 valence electrons. The Balaban J connectivity index is 1.73. The van der Waals surface area contributed by atoms with Crippen LogP contribution in [0.1, 0.15) is 6.42 Å². The molecule has 1 heterocycles. The van der Waals surface area contributed by atoms with Gasteiger partial charge in [0.05, 0.1) is 0 Å². The fourth-order valence-electron chi connectivity index (χ4n) is 6.49. The van der Waals surface area contributed by atoms with Gasteiger partial charge >= 0.3 is 195 Å². The molecule has 0 radical (unpaired) electrons. The van der Waals surface area contributed by atoms with Crippen LogP contribution in [0.25, 0.3) is 32.3 Å². The minimum absolute atomic E-state index is 1.11. The Labute approximate surface area is 194 Å². The number of rotatable bonds is 3. The Morgan fingerprint density at radius 3 is 1.67 bits per heavy atom. The van der Waals surface area contributed by atoms with Gasteiger partial charge in [-0.3, -0.25) is 0 Å². The monoisotopic (exact) mass is 440 g/mol. The van der Waals surface area contributed by atoms with Crippen LogP contribution in [0, 0.1) is 0 Å². The number of hydrogen-bond acceptors (Lipinski definition) is 0. The summed E-state index contributed by atoms with van der Waals surface area (Å²) < 4.78 is 0. The summed E-state index contributed by atoms with van der Waals surface area (Å²) in [5.41, 5.74) is 0. The minimum atomic E-state index is -2.80. The summed E-state index contributed by atoms with van der Waals surface area (Å²) in [5.74, 6) is 2.63. The van der Waals surface area contributed by atoms with Gasteiger partial charge in [-0.25, -0.2) is 0 Å². The topological polar surface area (TPSA) is 0 Å². The molecular formula is C32H25P. The zero-order valence-corrected chi connectivity index (χ0v) is 19.4. The van der Waals surface area contributed by atoms with E-state index < -0.39 is 6.60 Å². The van der Waals surface area contributed by atoms with E-state index in [-0.39, 0.29) is 0 Å². The maximum absolute atomic E-state index is 2.80. The molecule has 7 rings (SSSR count). The summed E-state index contributed by atoms with van der Waals surface area (Å²) in [6, 6.07) is 43.4. The van der Waals surface area contributed by atoms with Crippen molar-refractivity contribution in [2.45, 2.75) is 6.42 Å². The third-order valence-corrected chi connectivity index (χ3v) is 14.4. The first-order chi connectivity index (χ1) is 16.3. The summed E-state index contributed by atoms with van der Waals surface area (Å²) >= 11 is 0. The zero-order chi connectivity index (χ0) is 21.9. The van der Waals surface area contributed by atoms with Gasteiger partial charge in [-0.05, 0) is 0 Å². The fourth-order valence-corrected chi connectivity index (χ4v) is 12.9. The van der Waals surface area contributed by atoms with Gasteiger partial charge < -0.3 is 0 Å². The van der Waals surface area contributed by atoms with Crippen LogP contribution >= 0.6 is 6.60 Å². The van der Waals surface area contributed by atoms with Gasteiger partial charge in [0.25, 0.3) is 0 Å². The van der Waals surface area contributed by atoms with E-state index in [1.807, 2.05) is 0 Å². The van der Waals surface area contributed by atoms with Crippen molar-refractivity contribution < 1.29 is 0 Å². The van der Waals surface area contributed by atoms with Crippen LogP contribution in [0.15, 0.2) is 127 Å². The van der Waals surface area contributed by atoms with Crippen molar-refractivity contribution >= 4 is 54.8 Å². The number of hydrogen-bond donors (Lipinski definition) is 0. The van der Waals surface area contributed by atoms with Gasteiger partial charge in [0.1, 0.15) is 0 Å². The molecule has 1 aliphatic rings. The molecule has 1 aliphatic heterocycles. The van der Waals surface area contributed by atoms with E-state index in [0.29, 0.717) is 0 Å². The van der Waals surface area contributed by atoms with Gasteiger partial charge in [-0.1, -0.05) is 0 Å². The molecule has 6 aromatic rings. The molecule has 0 spiro atoms. The Hall–Kier alpha value is -3.47. The molecule has 6 aromatic carbocycles. The predicted octanol–water partition coefficient (Wildman–Crippen LogP) is 7.33. The van der Waals surface area contributed by atoms with E-state index in [9.17, 15) is 0 Å². The quantitative estimate of drug-likeness (QED) is 0.200. The molecule has 0 bridgehead atoms. The van der Waals surface area contributed by atoms with Crippen LogP contribution in [0.3, 0.4) is 0 Å². The Morgan fingerprint density at radius 1 is 0.485 bits per heavy atom. The molecular weight excluding hydrogens is 415 g/mol. The fraction of sp³-hybridized carbons (Fsp3) is 0.0625. The average molecular weight is 441 g/mol. The summed E-state index contributed by atoms with van der Waals surface area (Å²) in [7, 11) is 0. The molecule has 0 unspecified atom stereocenters. The van der Waals surface area contributed by atoms with Crippen LogP contribution < -0.4 is 15.9 Å². The van der Waals surface area contributed by atoms with E-state index in [0.717, 1.165) is 12.6 Å². The molecule has 0 amide bonds. The maximum atomic E-state index is 2.63. The zero-order valence-electron chi connectivity index (χ0n) is 18.5. The SMILES string of the molecule is C1=CP(c2ccccc2)(c2ccccc2)(c2ccc3ccc4cccc5ccc2c3c45)CC1. The Bertz CT molecular complexity index is 1610. The first kappa shape index (κ1) is 19.0. The molecule has 0 fully saturated rings. The Kier molecular flexibility index (Phi) is 3.90. The molecule has 0 saturated carbocycles. The van der Waals surface area contributed by atoms with E-state index in [1.54, 1.807) is 0 Å². The van der Waals surface area contributed by atoms with Gasteiger partial charge in [-0.2, -0.15) is 0 Å². The van der Waals surface area contributed by atoms with Gasteiger partial charge in [0.15, 0.2) is 0 Å². The molecule has 1 heteroatoms. The molecule has 0 nitrogen and oxygen atoms in total. The third-order valence-electron chi connectivity index (χ3n) is 7.94. The first-order valence-corrected chi connectivity index (χ1v) is 14.3. The predicted molar refractivity (Wildman–Crippen MR) is 147 cm³/mol. The van der Waals surface area contributed by atoms with Crippen molar-refractivity contribution in [1.82, 2.24) is 0 Å². The standard InChI is InChI=1S/C32H25P/c1-3-12-27(13-4-1)33(22-7-8-23-33,28-14-5-2-6-15-28)30-21-19-26-17-16-24-10-9-11-25-18-20-29(30)32(26)31(24)25/h1-7,9-22H,8,23H2. The van der Waals surface area contributed by atoms with Crippen LogP contribution in [0.4, 0.5) is 0 Å². The van der Waals surface area contributed by atoms with Crippen LogP contribution in [0.5, 0.6) is 0 Å². The van der Waals surface area contributed by atoms with Crippen molar-refractivity contribution in [2.75, 3.05) is 6.16 Å². The van der Waals surface area contributed by atoms with Crippen LogP contribution in [0.2, 0.25) is 0 Å². The second-order valence-electron chi connectivity index (χ2n) is 9.39. The van der Waals surface area contributed by atoms with Gasteiger partial charge in [0.2, 0.25) is 0 Å². The van der Waals surface area contributed by atoms with E-state index >= 15 is 0 Å². The molecule has 0 N–H and O–H groups in total. The molecule has 0 atom stereocenters. The first-order valence-electron chi connectivity index (χ1n) is 11.8. The van der Waals surface area contributed by atoms with Crippen LogP contribution in [-0.2, 0) is 0 Å². The van der Waals surface area contributed by atoms with Gasteiger partial charge in [-0.15, -0.1) is 0 Å². The Morgan fingerprint density at radius 2 is 1.06 bits per heavy atom. The second kappa shape index (κ2) is 6.77. The summed E-state index contributed by atoms with van der Waals surface area (Å²) in [5, 5.41) is 12.7. The molecule has 0 saturated heterocycles.